The molecule has 0 aliphatic carbocycles. The highest BCUT2D eigenvalue weighted by Crippen LogP contribution is 2.25. The van der Waals surface area contributed by atoms with Gasteiger partial charge in [-0.3, -0.25) is 4.98 Å². The maximum absolute atomic E-state index is 11.4. The van der Waals surface area contributed by atoms with Gasteiger partial charge >= 0.3 is 5.97 Å². The molecule has 0 radical (unpaired) electrons. The summed E-state index contributed by atoms with van der Waals surface area (Å²) in [6.45, 7) is 2.14. The maximum atomic E-state index is 11.4. The number of hydrogen-bond donors (Lipinski definition) is 0. The van der Waals surface area contributed by atoms with E-state index in [2.05, 4.69) is 4.98 Å². The Morgan fingerprint density at radius 2 is 2.00 bits per heavy atom. The molecule has 0 bridgehead atoms. The quantitative estimate of drug-likeness (QED) is 0.624. The minimum absolute atomic E-state index is 0.359. The lowest BCUT2D eigenvalue weighted by Gasteiger charge is -2.07. The van der Waals surface area contributed by atoms with Gasteiger partial charge in [-0.1, -0.05) is 12.1 Å². The fraction of sp³-hybridized carbons (Fsp3) is 0.176. The summed E-state index contributed by atoms with van der Waals surface area (Å²) in [5.41, 5.74) is 2.88. The molecule has 1 aromatic heterocycles. The lowest BCUT2D eigenvalue weighted by Crippen LogP contribution is -1.98. The van der Waals surface area contributed by atoms with E-state index < -0.39 is 0 Å². The Hall–Kier alpha value is -2.62. The first kappa shape index (κ1) is 14.8. The summed E-state index contributed by atoms with van der Waals surface area (Å²) in [5, 5.41) is 0. The summed E-state index contributed by atoms with van der Waals surface area (Å²) in [7, 11) is 1.63. The second-order valence-electron chi connectivity index (χ2n) is 4.28. The van der Waals surface area contributed by atoms with Crippen molar-refractivity contribution in [3.8, 4) is 16.9 Å². The van der Waals surface area contributed by atoms with E-state index in [4.69, 9.17) is 9.47 Å². The van der Waals surface area contributed by atoms with Crippen molar-refractivity contribution in [2.45, 2.75) is 6.92 Å². The number of carbonyl (C=O) groups excluding carboxylic acids is 1. The van der Waals surface area contributed by atoms with Gasteiger partial charge in [-0.25, -0.2) is 4.79 Å². The standard InChI is InChI=1S/C17H17NO3/c1-3-21-17(19)9-6-14-12-18-11-10-16(14)13-4-7-15(20-2)8-5-13/h4-12H,3H2,1-2H3. The number of carbonyl (C=O) groups is 1. The largest absolute Gasteiger partial charge is 0.497 e. The van der Waals surface area contributed by atoms with Crippen molar-refractivity contribution in [3.05, 3.63) is 54.4 Å². The highest BCUT2D eigenvalue weighted by atomic mass is 16.5. The maximum Gasteiger partial charge on any atom is 0.330 e. The van der Waals surface area contributed by atoms with E-state index in [0.717, 1.165) is 22.4 Å². The molecular weight excluding hydrogens is 266 g/mol. The number of rotatable bonds is 5. The zero-order valence-electron chi connectivity index (χ0n) is 12.1. The average Bonchev–Trinajstić information content (AvgIpc) is 2.54. The molecular formula is C17H17NO3. The summed E-state index contributed by atoms with van der Waals surface area (Å²) < 4.78 is 10.0. The van der Waals surface area contributed by atoms with E-state index in [0.29, 0.717) is 6.61 Å². The predicted octanol–water partition coefficient (Wildman–Crippen LogP) is 3.33. The molecule has 0 saturated heterocycles. The van der Waals surface area contributed by atoms with Crippen LogP contribution in [0.3, 0.4) is 0 Å². The monoisotopic (exact) mass is 283 g/mol. The Kier molecular flexibility index (Phi) is 5.10. The molecule has 0 fully saturated rings. The third-order valence-corrected chi connectivity index (χ3v) is 2.94. The molecule has 0 aliphatic rings. The van der Waals surface area contributed by atoms with Crippen LogP contribution in [0.1, 0.15) is 12.5 Å². The molecule has 0 saturated carbocycles. The van der Waals surface area contributed by atoms with Crippen LogP contribution in [0.25, 0.3) is 17.2 Å². The van der Waals surface area contributed by atoms with Crippen molar-refractivity contribution >= 4 is 12.0 Å². The molecule has 2 rings (SSSR count). The normalized spacial score (nSPS) is 10.6. The van der Waals surface area contributed by atoms with Crippen molar-refractivity contribution in [2.24, 2.45) is 0 Å². The van der Waals surface area contributed by atoms with E-state index in [1.54, 1.807) is 32.5 Å². The smallest absolute Gasteiger partial charge is 0.330 e. The van der Waals surface area contributed by atoms with Gasteiger partial charge in [-0.05, 0) is 42.3 Å². The molecule has 0 amide bonds. The van der Waals surface area contributed by atoms with Crippen LogP contribution in [0.2, 0.25) is 0 Å². The van der Waals surface area contributed by atoms with Crippen LogP contribution in [-0.4, -0.2) is 24.7 Å². The Morgan fingerprint density at radius 3 is 2.67 bits per heavy atom. The highest BCUT2D eigenvalue weighted by molar-refractivity contribution is 5.89. The summed E-state index contributed by atoms with van der Waals surface area (Å²) in [6, 6.07) is 9.64. The molecule has 0 spiro atoms. The predicted molar refractivity (Wildman–Crippen MR) is 81.9 cm³/mol. The average molecular weight is 283 g/mol. The Labute approximate surface area is 124 Å². The lowest BCUT2D eigenvalue weighted by molar-refractivity contribution is -0.137. The summed E-state index contributed by atoms with van der Waals surface area (Å²) in [6.07, 6.45) is 6.56. The van der Waals surface area contributed by atoms with Crippen LogP contribution < -0.4 is 4.74 Å². The molecule has 0 N–H and O–H groups in total. The minimum Gasteiger partial charge on any atom is -0.497 e. The van der Waals surface area contributed by atoms with E-state index in [1.165, 1.54) is 6.08 Å². The minimum atomic E-state index is -0.359. The van der Waals surface area contributed by atoms with Crippen molar-refractivity contribution in [2.75, 3.05) is 13.7 Å². The molecule has 0 atom stereocenters. The number of pyridine rings is 1. The van der Waals surface area contributed by atoms with Crippen molar-refractivity contribution in [3.63, 3.8) is 0 Å². The van der Waals surface area contributed by atoms with Gasteiger partial charge in [0.15, 0.2) is 0 Å². The van der Waals surface area contributed by atoms with Gasteiger partial charge in [0, 0.05) is 24.0 Å². The van der Waals surface area contributed by atoms with Gasteiger partial charge in [0.25, 0.3) is 0 Å². The fourth-order valence-electron chi connectivity index (χ4n) is 1.92. The van der Waals surface area contributed by atoms with Crippen LogP contribution in [0, 0.1) is 0 Å². The Morgan fingerprint density at radius 1 is 1.24 bits per heavy atom. The first-order valence-electron chi connectivity index (χ1n) is 6.68. The van der Waals surface area contributed by atoms with Gasteiger partial charge in [-0.2, -0.15) is 0 Å². The van der Waals surface area contributed by atoms with Crippen LogP contribution in [0.15, 0.2) is 48.8 Å². The fourth-order valence-corrected chi connectivity index (χ4v) is 1.92. The van der Waals surface area contributed by atoms with Crippen LogP contribution >= 0.6 is 0 Å². The third-order valence-electron chi connectivity index (χ3n) is 2.94. The van der Waals surface area contributed by atoms with Crippen molar-refractivity contribution < 1.29 is 14.3 Å². The highest BCUT2D eigenvalue weighted by Gasteiger charge is 2.04. The first-order valence-corrected chi connectivity index (χ1v) is 6.68. The van der Waals surface area contributed by atoms with E-state index in [1.807, 2.05) is 30.3 Å². The number of benzene rings is 1. The molecule has 0 unspecified atom stereocenters. The van der Waals surface area contributed by atoms with Gasteiger partial charge < -0.3 is 9.47 Å². The molecule has 0 aliphatic heterocycles. The van der Waals surface area contributed by atoms with E-state index >= 15 is 0 Å². The second kappa shape index (κ2) is 7.24. The number of hydrogen-bond acceptors (Lipinski definition) is 4. The molecule has 4 heteroatoms. The van der Waals surface area contributed by atoms with Gasteiger partial charge in [-0.15, -0.1) is 0 Å². The van der Waals surface area contributed by atoms with E-state index in [9.17, 15) is 4.79 Å². The number of methoxy groups -OCH3 is 1. The first-order chi connectivity index (χ1) is 10.2. The van der Waals surface area contributed by atoms with Crippen LogP contribution in [-0.2, 0) is 9.53 Å². The number of aromatic nitrogens is 1. The van der Waals surface area contributed by atoms with Crippen molar-refractivity contribution in [1.82, 2.24) is 4.98 Å². The Balaban J connectivity index is 2.29. The number of ether oxygens (including phenoxy) is 2. The molecule has 1 aromatic carbocycles. The molecule has 2 aromatic rings. The van der Waals surface area contributed by atoms with E-state index in [-0.39, 0.29) is 5.97 Å². The van der Waals surface area contributed by atoms with Crippen LogP contribution in [0.4, 0.5) is 0 Å². The number of nitrogens with zero attached hydrogens (tertiary/aromatic N) is 1. The third kappa shape index (κ3) is 3.92. The van der Waals surface area contributed by atoms with Crippen molar-refractivity contribution in [1.29, 1.82) is 0 Å². The van der Waals surface area contributed by atoms with Gasteiger partial charge in [0.1, 0.15) is 5.75 Å². The Bertz CT molecular complexity index is 633. The van der Waals surface area contributed by atoms with Crippen LogP contribution in [0.5, 0.6) is 5.75 Å². The van der Waals surface area contributed by atoms with Gasteiger partial charge in [0.05, 0.1) is 13.7 Å². The molecule has 4 nitrogen and oxygen atoms in total. The SMILES string of the molecule is CCOC(=O)C=Cc1cnccc1-c1ccc(OC)cc1. The topological polar surface area (TPSA) is 48.4 Å². The zero-order valence-corrected chi connectivity index (χ0v) is 12.1. The molecule has 21 heavy (non-hydrogen) atoms. The summed E-state index contributed by atoms with van der Waals surface area (Å²) >= 11 is 0. The van der Waals surface area contributed by atoms with Gasteiger partial charge in [0.2, 0.25) is 0 Å². The lowest BCUT2D eigenvalue weighted by atomic mass is 10.0. The summed E-state index contributed by atoms with van der Waals surface area (Å²) in [4.78, 5) is 15.5. The molecule has 108 valence electrons. The zero-order chi connectivity index (χ0) is 15.1. The molecule has 1 heterocycles. The summed E-state index contributed by atoms with van der Waals surface area (Å²) in [5.74, 6) is 0.443. The number of esters is 1. The second-order valence-corrected chi connectivity index (χ2v) is 4.28.